The van der Waals surface area contributed by atoms with E-state index in [1.54, 1.807) is 0 Å². The zero-order valence-electron chi connectivity index (χ0n) is 9.90. The van der Waals surface area contributed by atoms with Crippen molar-refractivity contribution in [2.75, 3.05) is 13.1 Å². The molecule has 1 amide bonds. The molecule has 0 saturated carbocycles. The Bertz CT molecular complexity index is 531. The van der Waals surface area contributed by atoms with E-state index in [2.05, 4.69) is 12.2 Å². The van der Waals surface area contributed by atoms with Crippen molar-refractivity contribution in [3.05, 3.63) is 40.4 Å². The molecule has 1 heterocycles. The van der Waals surface area contributed by atoms with Gasteiger partial charge in [0.1, 0.15) is 0 Å². The van der Waals surface area contributed by atoms with E-state index in [-0.39, 0.29) is 5.41 Å². The van der Waals surface area contributed by atoms with Crippen molar-refractivity contribution in [1.82, 2.24) is 4.90 Å². The molecule has 1 fully saturated rings. The Labute approximate surface area is 111 Å². The minimum absolute atomic E-state index is 0.00775. The molecule has 1 aromatic carbocycles. The van der Waals surface area contributed by atoms with Gasteiger partial charge in [0.2, 0.25) is 0 Å². The number of fused-ring (bicyclic) bond motifs is 2. The standard InChI is InChI=1S/C14H14ClNO2/c15-11-2-1-10-3-4-14(12(10)9-11)5-7-16(8-6-14)13(17)18/h1-4,9H,5-8H2,(H,17,18). The van der Waals surface area contributed by atoms with Gasteiger partial charge in [-0.05, 0) is 36.1 Å². The highest BCUT2D eigenvalue weighted by Gasteiger charge is 2.39. The van der Waals surface area contributed by atoms with Crippen molar-refractivity contribution in [2.24, 2.45) is 0 Å². The Morgan fingerprint density at radius 2 is 2.06 bits per heavy atom. The molecule has 1 aliphatic heterocycles. The summed E-state index contributed by atoms with van der Waals surface area (Å²) in [4.78, 5) is 12.4. The molecular weight excluding hydrogens is 250 g/mol. The van der Waals surface area contributed by atoms with Crippen molar-refractivity contribution in [1.29, 1.82) is 0 Å². The lowest BCUT2D eigenvalue weighted by atomic mass is 9.74. The summed E-state index contributed by atoms with van der Waals surface area (Å²) in [5.41, 5.74) is 2.45. The molecule has 3 rings (SSSR count). The predicted molar refractivity (Wildman–Crippen MR) is 71.0 cm³/mol. The van der Waals surface area contributed by atoms with Crippen molar-refractivity contribution in [3.63, 3.8) is 0 Å². The smallest absolute Gasteiger partial charge is 0.407 e. The van der Waals surface area contributed by atoms with Crippen LogP contribution in [-0.4, -0.2) is 29.2 Å². The van der Waals surface area contributed by atoms with E-state index in [1.165, 1.54) is 16.0 Å². The highest BCUT2D eigenvalue weighted by atomic mass is 35.5. The Balaban J connectivity index is 1.90. The van der Waals surface area contributed by atoms with Gasteiger partial charge < -0.3 is 10.0 Å². The van der Waals surface area contributed by atoms with Crippen LogP contribution in [0.3, 0.4) is 0 Å². The molecule has 2 aliphatic rings. The molecule has 0 atom stereocenters. The van der Waals surface area contributed by atoms with Crippen molar-refractivity contribution < 1.29 is 9.90 Å². The van der Waals surface area contributed by atoms with Gasteiger partial charge in [-0.2, -0.15) is 0 Å². The van der Waals surface area contributed by atoms with Gasteiger partial charge in [-0.25, -0.2) is 4.79 Å². The summed E-state index contributed by atoms with van der Waals surface area (Å²) < 4.78 is 0. The number of allylic oxidation sites excluding steroid dienone is 1. The fourth-order valence-corrected chi connectivity index (χ4v) is 3.15. The molecular formula is C14H14ClNO2. The molecule has 1 N–H and O–H groups in total. The van der Waals surface area contributed by atoms with E-state index < -0.39 is 6.09 Å². The number of benzene rings is 1. The van der Waals surface area contributed by atoms with Crippen LogP contribution in [0.4, 0.5) is 4.79 Å². The van der Waals surface area contributed by atoms with Gasteiger partial charge in [0, 0.05) is 23.5 Å². The van der Waals surface area contributed by atoms with E-state index in [4.69, 9.17) is 16.7 Å². The van der Waals surface area contributed by atoms with E-state index in [9.17, 15) is 4.79 Å². The summed E-state index contributed by atoms with van der Waals surface area (Å²) >= 11 is 6.07. The number of piperidine rings is 1. The summed E-state index contributed by atoms with van der Waals surface area (Å²) in [5.74, 6) is 0. The Hall–Kier alpha value is -1.48. The topological polar surface area (TPSA) is 40.5 Å². The lowest BCUT2D eigenvalue weighted by Gasteiger charge is -2.38. The van der Waals surface area contributed by atoms with Crippen LogP contribution in [0.5, 0.6) is 0 Å². The molecule has 94 valence electrons. The first-order valence-electron chi connectivity index (χ1n) is 6.08. The van der Waals surface area contributed by atoms with Crippen molar-refractivity contribution in [3.8, 4) is 0 Å². The maximum absolute atomic E-state index is 10.9. The number of carboxylic acid groups (broad SMARTS) is 1. The molecule has 1 aliphatic carbocycles. The van der Waals surface area contributed by atoms with Gasteiger partial charge in [0.25, 0.3) is 0 Å². The number of nitrogens with zero attached hydrogens (tertiary/aromatic N) is 1. The Morgan fingerprint density at radius 3 is 2.72 bits per heavy atom. The van der Waals surface area contributed by atoms with Crippen molar-refractivity contribution >= 4 is 23.8 Å². The predicted octanol–water partition coefficient (Wildman–Crippen LogP) is 3.38. The van der Waals surface area contributed by atoms with E-state index in [0.717, 1.165) is 17.9 Å². The van der Waals surface area contributed by atoms with Crippen LogP contribution < -0.4 is 0 Å². The molecule has 1 saturated heterocycles. The third-order valence-corrected chi connectivity index (χ3v) is 4.29. The van der Waals surface area contributed by atoms with Gasteiger partial charge in [-0.3, -0.25) is 0 Å². The second-order valence-electron chi connectivity index (χ2n) is 4.99. The molecule has 0 unspecified atom stereocenters. The van der Waals surface area contributed by atoms with Crippen molar-refractivity contribution in [2.45, 2.75) is 18.3 Å². The minimum atomic E-state index is -0.821. The Kier molecular flexibility index (Phi) is 2.59. The first-order valence-corrected chi connectivity index (χ1v) is 6.46. The van der Waals surface area contributed by atoms with Gasteiger partial charge in [-0.1, -0.05) is 29.8 Å². The van der Waals surface area contributed by atoms with Gasteiger partial charge in [0.15, 0.2) is 0 Å². The lowest BCUT2D eigenvalue weighted by Crippen LogP contribution is -2.43. The van der Waals surface area contributed by atoms with Gasteiger partial charge in [-0.15, -0.1) is 0 Å². The number of rotatable bonds is 0. The molecule has 1 aromatic rings. The SMILES string of the molecule is O=C(O)N1CCC2(C=Cc3ccc(Cl)cc32)CC1. The van der Waals surface area contributed by atoms with Crippen LogP contribution in [0, 0.1) is 0 Å². The summed E-state index contributed by atoms with van der Waals surface area (Å²) in [6.07, 6.45) is 5.19. The maximum atomic E-state index is 10.9. The van der Waals surface area contributed by atoms with E-state index >= 15 is 0 Å². The molecule has 18 heavy (non-hydrogen) atoms. The first kappa shape index (κ1) is 11.6. The number of halogens is 1. The summed E-state index contributed by atoms with van der Waals surface area (Å²) in [7, 11) is 0. The second kappa shape index (κ2) is 4.02. The van der Waals surface area contributed by atoms with Gasteiger partial charge in [0.05, 0.1) is 0 Å². The summed E-state index contributed by atoms with van der Waals surface area (Å²) in [5, 5.41) is 9.74. The molecule has 0 aromatic heterocycles. The highest BCUT2D eigenvalue weighted by molar-refractivity contribution is 6.30. The largest absolute Gasteiger partial charge is 0.465 e. The fourth-order valence-electron chi connectivity index (χ4n) is 2.98. The van der Waals surface area contributed by atoms with E-state index in [0.29, 0.717) is 13.1 Å². The number of hydrogen-bond donors (Lipinski definition) is 1. The van der Waals surface area contributed by atoms with Crippen LogP contribution in [0.25, 0.3) is 6.08 Å². The maximum Gasteiger partial charge on any atom is 0.407 e. The number of likely N-dealkylation sites (tertiary alicyclic amines) is 1. The lowest BCUT2D eigenvalue weighted by molar-refractivity contribution is 0.124. The zero-order valence-corrected chi connectivity index (χ0v) is 10.7. The number of hydrogen-bond acceptors (Lipinski definition) is 1. The molecule has 0 radical (unpaired) electrons. The average molecular weight is 264 g/mol. The Morgan fingerprint density at radius 1 is 1.33 bits per heavy atom. The second-order valence-corrected chi connectivity index (χ2v) is 5.43. The minimum Gasteiger partial charge on any atom is -0.465 e. The average Bonchev–Trinajstić information content (AvgIpc) is 2.69. The van der Waals surface area contributed by atoms with Gasteiger partial charge >= 0.3 is 6.09 Å². The van der Waals surface area contributed by atoms with Crippen LogP contribution >= 0.6 is 11.6 Å². The normalized spacial score (nSPS) is 20.2. The molecule has 0 bridgehead atoms. The quantitative estimate of drug-likeness (QED) is 0.780. The van der Waals surface area contributed by atoms with Crippen LogP contribution in [0.15, 0.2) is 24.3 Å². The third kappa shape index (κ3) is 1.70. The molecule has 4 heteroatoms. The van der Waals surface area contributed by atoms with Crippen LogP contribution in [-0.2, 0) is 5.41 Å². The summed E-state index contributed by atoms with van der Waals surface area (Å²) in [6.45, 7) is 1.18. The van der Waals surface area contributed by atoms with Crippen LogP contribution in [0.1, 0.15) is 24.0 Å². The fraction of sp³-hybridized carbons (Fsp3) is 0.357. The monoisotopic (exact) mass is 263 g/mol. The number of amides is 1. The molecule has 1 spiro atoms. The highest BCUT2D eigenvalue weighted by Crippen LogP contribution is 2.44. The zero-order chi connectivity index (χ0) is 12.8. The number of carbonyl (C=O) groups is 1. The summed E-state index contributed by atoms with van der Waals surface area (Å²) in [6, 6.07) is 5.95. The third-order valence-electron chi connectivity index (χ3n) is 4.06. The van der Waals surface area contributed by atoms with E-state index in [1.807, 2.05) is 18.2 Å². The first-order chi connectivity index (χ1) is 8.61. The molecule has 3 nitrogen and oxygen atoms in total. The van der Waals surface area contributed by atoms with Crippen LogP contribution in [0.2, 0.25) is 5.02 Å².